The molecule has 0 saturated carbocycles. The molecule has 0 saturated heterocycles. The molecule has 8 nitrogen and oxygen atoms in total. The molecule has 2 N–H and O–H groups in total. The molecule has 0 aliphatic heterocycles. The zero-order chi connectivity index (χ0) is 21.8. The minimum atomic E-state index is -0.350. The number of ether oxygens (including phenoxy) is 2. The van der Waals surface area contributed by atoms with Gasteiger partial charge in [0.15, 0.2) is 10.3 Å². The molecule has 2 aromatic carbocycles. The molecule has 0 atom stereocenters. The minimum absolute atomic E-state index is 0.0786. The first-order chi connectivity index (χ1) is 15.0. The van der Waals surface area contributed by atoms with Crippen molar-refractivity contribution in [3.63, 3.8) is 0 Å². The van der Waals surface area contributed by atoms with Crippen LogP contribution in [0.15, 0.2) is 47.8 Å². The van der Waals surface area contributed by atoms with Gasteiger partial charge >= 0.3 is 0 Å². The molecule has 0 spiro atoms. The Hall–Kier alpha value is -3.50. The van der Waals surface area contributed by atoms with E-state index in [9.17, 15) is 9.59 Å². The van der Waals surface area contributed by atoms with E-state index in [0.717, 1.165) is 10.2 Å². The van der Waals surface area contributed by atoms with Gasteiger partial charge in [-0.2, -0.15) is 0 Å². The van der Waals surface area contributed by atoms with Crippen LogP contribution < -0.4 is 20.1 Å². The number of anilines is 2. The zero-order valence-corrected chi connectivity index (χ0v) is 18.3. The lowest BCUT2D eigenvalue weighted by molar-refractivity contribution is -0.115. The first-order valence-corrected chi connectivity index (χ1v) is 10.9. The van der Waals surface area contributed by atoms with Crippen molar-refractivity contribution in [1.82, 2.24) is 9.97 Å². The Balaban J connectivity index is 1.38. The summed E-state index contributed by atoms with van der Waals surface area (Å²) in [5.74, 6) is 0.448. The van der Waals surface area contributed by atoms with Crippen molar-refractivity contribution in [2.24, 2.45) is 0 Å². The summed E-state index contributed by atoms with van der Waals surface area (Å²) in [5.41, 5.74) is 1.78. The number of fused-ring (bicyclic) bond motifs is 1. The molecule has 0 aliphatic rings. The predicted octanol–water partition coefficient (Wildman–Crippen LogP) is 4.20. The van der Waals surface area contributed by atoms with E-state index in [2.05, 4.69) is 20.6 Å². The zero-order valence-electron chi connectivity index (χ0n) is 16.7. The Kier molecular flexibility index (Phi) is 6.10. The fourth-order valence-corrected chi connectivity index (χ4v) is 4.39. The molecule has 0 fully saturated rings. The quantitative estimate of drug-likeness (QED) is 0.434. The van der Waals surface area contributed by atoms with E-state index in [4.69, 9.17) is 9.47 Å². The van der Waals surface area contributed by atoms with E-state index in [1.54, 1.807) is 23.6 Å². The summed E-state index contributed by atoms with van der Waals surface area (Å²) >= 11 is 2.66. The maximum atomic E-state index is 12.6. The summed E-state index contributed by atoms with van der Waals surface area (Å²) in [6, 6.07) is 12.6. The smallest absolute Gasteiger partial charge is 0.257 e. The van der Waals surface area contributed by atoms with Crippen LogP contribution in [0, 0.1) is 0 Å². The average Bonchev–Trinajstić information content (AvgIpc) is 3.38. The Morgan fingerprint density at radius 1 is 0.968 bits per heavy atom. The molecular weight excluding hydrogens is 436 g/mol. The lowest BCUT2D eigenvalue weighted by atomic mass is 10.2. The van der Waals surface area contributed by atoms with Crippen molar-refractivity contribution in [3.8, 4) is 11.5 Å². The van der Waals surface area contributed by atoms with Gasteiger partial charge in [0.25, 0.3) is 5.91 Å². The topological polar surface area (TPSA) is 102 Å². The van der Waals surface area contributed by atoms with Gasteiger partial charge in [0, 0.05) is 17.0 Å². The maximum absolute atomic E-state index is 12.6. The number of carbonyl (C=O) groups is 2. The molecule has 0 unspecified atom stereocenters. The molecule has 4 rings (SSSR count). The number of hydrogen-bond donors (Lipinski definition) is 2. The van der Waals surface area contributed by atoms with Crippen LogP contribution in [0.25, 0.3) is 10.2 Å². The van der Waals surface area contributed by atoms with Gasteiger partial charge in [-0.1, -0.05) is 23.5 Å². The molecule has 31 heavy (non-hydrogen) atoms. The second kappa shape index (κ2) is 9.11. The molecule has 2 aromatic heterocycles. The number of benzene rings is 2. The number of methoxy groups -OCH3 is 2. The highest BCUT2D eigenvalue weighted by atomic mass is 32.1. The van der Waals surface area contributed by atoms with Gasteiger partial charge in [-0.15, -0.1) is 11.3 Å². The van der Waals surface area contributed by atoms with E-state index in [1.807, 2.05) is 24.3 Å². The number of hydrogen-bond acceptors (Lipinski definition) is 8. The second-order valence-electron chi connectivity index (χ2n) is 6.41. The van der Waals surface area contributed by atoms with Crippen molar-refractivity contribution in [2.75, 3.05) is 24.9 Å². The molecule has 0 bridgehead atoms. The van der Waals surface area contributed by atoms with Crippen molar-refractivity contribution < 1.29 is 19.1 Å². The summed E-state index contributed by atoms with van der Waals surface area (Å²) in [4.78, 5) is 33.6. The lowest BCUT2D eigenvalue weighted by Crippen LogP contribution is -2.15. The van der Waals surface area contributed by atoms with Gasteiger partial charge in [-0.3, -0.25) is 14.9 Å². The van der Waals surface area contributed by atoms with Gasteiger partial charge in [-0.05, 0) is 24.3 Å². The largest absolute Gasteiger partial charge is 0.497 e. The second-order valence-corrected chi connectivity index (χ2v) is 8.30. The summed E-state index contributed by atoms with van der Waals surface area (Å²) in [6.07, 6.45) is 0.0786. The summed E-state index contributed by atoms with van der Waals surface area (Å²) in [7, 11) is 3.03. The van der Waals surface area contributed by atoms with Crippen LogP contribution in [-0.2, 0) is 11.2 Å². The molecular formula is C21H18N4O4S2. The van der Waals surface area contributed by atoms with E-state index in [-0.39, 0.29) is 18.2 Å². The fourth-order valence-electron chi connectivity index (χ4n) is 2.81. The summed E-state index contributed by atoms with van der Waals surface area (Å²) < 4.78 is 11.4. The summed E-state index contributed by atoms with van der Waals surface area (Å²) in [6.45, 7) is 0. The number of nitrogens with one attached hydrogen (secondary N) is 2. The van der Waals surface area contributed by atoms with Gasteiger partial charge in [-0.25, -0.2) is 9.97 Å². The average molecular weight is 455 g/mol. The number of rotatable bonds is 7. The fraction of sp³-hybridized carbons (Fsp3) is 0.143. The maximum Gasteiger partial charge on any atom is 0.257 e. The van der Waals surface area contributed by atoms with Crippen LogP contribution in [0.4, 0.5) is 10.3 Å². The first-order valence-electron chi connectivity index (χ1n) is 9.18. The van der Waals surface area contributed by atoms with Gasteiger partial charge in [0.2, 0.25) is 5.91 Å². The molecule has 2 amide bonds. The van der Waals surface area contributed by atoms with Gasteiger partial charge in [0.05, 0.1) is 36.6 Å². The number of carbonyl (C=O) groups excluding carboxylic acids is 2. The molecule has 4 aromatic rings. The van der Waals surface area contributed by atoms with Crippen molar-refractivity contribution in [1.29, 1.82) is 0 Å². The molecule has 2 heterocycles. The van der Waals surface area contributed by atoms with Crippen LogP contribution in [0.2, 0.25) is 0 Å². The third kappa shape index (κ3) is 4.98. The number of thiazole rings is 2. The van der Waals surface area contributed by atoms with Crippen LogP contribution in [0.3, 0.4) is 0 Å². The van der Waals surface area contributed by atoms with E-state index in [1.165, 1.54) is 36.9 Å². The molecule has 0 radical (unpaired) electrons. The number of para-hydroxylation sites is 1. The van der Waals surface area contributed by atoms with Crippen molar-refractivity contribution in [2.45, 2.75) is 6.42 Å². The Morgan fingerprint density at radius 3 is 2.42 bits per heavy atom. The van der Waals surface area contributed by atoms with Gasteiger partial charge < -0.3 is 14.8 Å². The van der Waals surface area contributed by atoms with Gasteiger partial charge in [0.1, 0.15) is 11.5 Å². The number of aromatic nitrogens is 2. The third-order valence-corrected chi connectivity index (χ3v) is 6.03. The Bertz CT molecular complexity index is 1200. The minimum Gasteiger partial charge on any atom is -0.497 e. The highest BCUT2D eigenvalue weighted by molar-refractivity contribution is 7.22. The first kappa shape index (κ1) is 20.8. The SMILES string of the molecule is COc1cc(OC)cc(C(=O)Nc2nc(CC(=O)Nc3nc4ccccc4s3)cs2)c1. The highest BCUT2D eigenvalue weighted by Crippen LogP contribution is 2.26. The third-order valence-electron chi connectivity index (χ3n) is 4.27. The van der Waals surface area contributed by atoms with E-state index >= 15 is 0 Å². The predicted molar refractivity (Wildman–Crippen MR) is 122 cm³/mol. The molecule has 158 valence electrons. The van der Waals surface area contributed by atoms with E-state index < -0.39 is 0 Å². The Labute approximate surface area is 185 Å². The highest BCUT2D eigenvalue weighted by Gasteiger charge is 2.14. The van der Waals surface area contributed by atoms with Crippen LogP contribution >= 0.6 is 22.7 Å². The lowest BCUT2D eigenvalue weighted by Gasteiger charge is -2.08. The normalized spacial score (nSPS) is 10.6. The number of amides is 2. The van der Waals surface area contributed by atoms with Crippen molar-refractivity contribution in [3.05, 3.63) is 59.1 Å². The molecule has 10 heteroatoms. The van der Waals surface area contributed by atoms with E-state index in [0.29, 0.717) is 33.0 Å². The van der Waals surface area contributed by atoms with Crippen LogP contribution in [0.1, 0.15) is 16.1 Å². The van der Waals surface area contributed by atoms with Crippen LogP contribution in [0.5, 0.6) is 11.5 Å². The monoisotopic (exact) mass is 454 g/mol. The standard InChI is InChI=1S/C21H18N4O4S2/c1-28-14-7-12(8-15(10-14)29-2)19(27)25-20-22-13(11-30-20)9-18(26)24-21-23-16-5-3-4-6-17(16)31-21/h3-8,10-11H,9H2,1-2H3,(H,22,25,27)(H,23,24,26). The number of nitrogens with zero attached hydrogens (tertiary/aromatic N) is 2. The Morgan fingerprint density at radius 2 is 1.71 bits per heavy atom. The summed E-state index contributed by atoms with van der Waals surface area (Å²) in [5, 5.41) is 8.21. The van der Waals surface area contributed by atoms with Crippen LogP contribution in [-0.4, -0.2) is 36.0 Å². The van der Waals surface area contributed by atoms with Crippen molar-refractivity contribution >= 4 is 55.0 Å². The molecule has 0 aliphatic carbocycles.